The van der Waals surface area contributed by atoms with Gasteiger partial charge in [-0.05, 0) is 28.8 Å². The van der Waals surface area contributed by atoms with E-state index < -0.39 is 4.92 Å². The first-order valence-electron chi connectivity index (χ1n) is 8.32. The number of amides is 1. The number of hydrogen-bond donors (Lipinski definition) is 1. The van der Waals surface area contributed by atoms with Crippen molar-refractivity contribution in [2.24, 2.45) is 0 Å². The second kappa shape index (κ2) is 8.53. The molecule has 0 unspecified atom stereocenters. The van der Waals surface area contributed by atoms with E-state index in [-0.39, 0.29) is 11.6 Å². The first-order valence-corrected chi connectivity index (χ1v) is 8.32. The predicted molar refractivity (Wildman–Crippen MR) is 103 cm³/mol. The van der Waals surface area contributed by atoms with Crippen LogP contribution in [0.25, 0.3) is 11.6 Å². The number of carbonyl (C=O) groups excluding carboxylic acids is 1. The monoisotopic (exact) mass is 359 g/mol. The quantitative estimate of drug-likeness (QED) is 0.313. The molecule has 1 N–H and O–H groups in total. The molecule has 6 heteroatoms. The largest absolute Gasteiger partial charge is 0.348 e. The minimum atomic E-state index is -0.456. The van der Waals surface area contributed by atoms with Gasteiger partial charge in [0.2, 0.25) is 0 Å². The highest BCUT2D eigenvalue weighted by atomic mass is 16.6. The topological polar surface area (TPSA) is 85.1 Å². The van der Waals surface area contributed by atoms with Gasteiger partial charge in [0.15, 0.2) is 0 Å². The van der Waals surface area contributed by atoms with Crippen LogP contribution in [-0.2, 0) is 11.3 Å². The molecule has 0 radical (unpaired) electrons. The number of hydrogen-bond acceptors (Lipinski definition) is 4. The molecule has 2 aromatic carbocycles. The lowest BCUT2D eigenvalue weighted by atomic mass is 10.0. The fourth-order valence-corrected chi connectivity index (χ4v) is 2.57. The Balaban J connectivity index is 1.90. The smallest absolute Gasteiger partial charge is 0.270 e. The van der Waals surface area contributed by atoms with E-state index in [0.717, 1.165) is 11.1 Å². The fraction of sp³-hybridized carbons (Fsp3) is 0.0476. The molecule has 0 saturated carbocycles. The zero-order chi connectivity index (χ0) is 19.1. The van der Waals surface area contributed by atoms with Crippen molar-refractivity contribution in [2.45, 2.75) is 6.54 Å². The van der Waals surface area contributed by atoms with Gasteiger partial charge in [-0.3, -0.25) is 19.9 Å². The highest BCUT2D eigenvalue weighted by molar-refractivity contribution is 6.24. The molecule has 1 heterocycles. The SMILES string of the molecule is O=C(NCc1cccnc1)C(=Cc1cccc([N+](=O)[O-])c1)c1ccccc1. The van der Waals surface area contributed by atoms with Crippen LogP contribution in [0.4, 0.5) is 5.69 Å². The van der Waals surface area contributed by atoms with Gasteiger partial charge in [0.05, 0.1) is 4.92 Å². The second-order valence-electron chi connectivity index (χ2n) is 5.82. The van der Waals surface area contributed by atoms with Crippen LogP contribution >= 0.6 is 0 Å². The number of nitrogens with zero attached hydrogens (tertiary/aromatic N) is 2. The molecule has 0 spiro atoms. The van der Waals surface area contributed by atoms with Gasteiger partial charge in [-0.1, -0.05) is 48.5 Å². The number of pyridine rings is 1. The van der Waals surface area contributed by atoms with Gasteiger partial charge in [0.1, 0.15) is 0 Å². The Hall–Kier alpha value is -3.80. The van der Waals surface area contributed by atoms with Crippen molar-refractivity contribution in [3.8, 4) is 0 Å². The molecular formula is C21H17N3O3. The van der Waals surface area contributed by atoms with Gasteiger partial charge in [0.25, 0.3) is 11.6 Å². The van der Waals surface area contributed by atoms with Crippen molar-refractivity contribution in [3.05, 3.63) is 106 Å². The molecule has 0 atom stereocenters. The third kappa shape index (κ3) is 4.85. The van der Waals surface area contributed by atoms with Crippen LogP contribution < -0.4 is 5.32 Å². The molecule has 3 aromatic rings. The molecular weight excluding hydrogens is 342 g/mol. The third-order valence-corrected chi connectivity index (χ3v) is 3.90. The van der Waals surface area contributed by atoms with E-state index in [1.165, 1.54) is 12.1 Å². The molecule has 6 nitrogen and oxygen atoms in total. The summed E-state index contributed by atoms with van der Waals surface area (Å²) in [5.74, 6) is -0.267. The van der Waals surface area contributed by atoms with Crippen LogP contribution in [0.2, 0.25) is 0 Å². The first-order chi connectivity index (χ1) is 13.1. The van der Waals surface area contributed by atoms with Gasteiger partial charge in [-0.2, -0.15) is 0 Å². The minimum Gasteiger partial charge on any atom is -0.348 e. The number of non-ortho nitro benzene ring substituents is 1. The zero-order valence-electron chi connectivity index (χ0n) is 14.4. The number of nitro benzene ring substituents is 1. The van der Waals surface area contributed by atoms with E-state index in [2.05, 4.69) is 10.3 Å². The van der Waals surface area contributed by atoms with Gasteiger partial charge in [-0.15, -0.1) is 0 Å². The van der Waals surface area contributed by atoms with Gasteiger partial charge >= 0.3 is 0 Å². The van der Waals surface area contributed by atoms with E-state index in [9.17, 15) is 14.9 Å². The average Bonchev–Trinajstić information content (AvgIpc) is 2.72. The van der Waals surface area contributed by atoms with Crippen molar-refractivity contribution in [2.75, 3.05) is 0 Å². The lowest BCUT2D eigenvalue weighted by Crippen LogP contribution is -2.23. The van der Waals surface area contributed by atoms with Crippen molar-refractivity contribution < 1.29 is 9.72 Å². The molecule has 0 fully saturated rings. The summed E-state index contributed by atoms with van der Waals surface area (Å²) < 4.78 is 0. The Bertz CT molecular complexity index is 970. The number of nitro groups is 1. The fourth-order valence-electron chi connectivity index (χ4n) is 2.57. The highest BCUT2D eigenvalue weighted by Crippen LogP contribution is 2.21. The van der Waals surface area contributed by atoms with Crippen LogP contribution in [-0.4, -0.2) is 15.8 Å². The summed E-state index contributed by atoms with van der Waals surface area (Å²) in [5, 5.41) is 13.9. The Morgan fingerprint density at radius 1 is 1.07 bits per heavy atom. The maximum Gasteiger partial charge on any atom is 0.270 e. The molecule has 0 aliphatic rings. The van der Waals surface area contributed by atoms with Gasteiger partial charge in [0, 0.05) is 36.6 Å². The minimum absolute atomic E-state index is 0.0214. The van der Waals surface area contributed by atoms with E-state index in [1.807, 2.05) is 36.4 Å². The maximum atomic E-state index is 12.8. The van der Waals surface area contributed by atoms with Crippen molar-refractivity contribution in [3.63, 3.8) is 0 Å². The number of carbonyl (C=O) groups is 1. The molecule has 27 heavy (non-hydrogen) atoms. The van der Waals surface area contributed by atoms with E-state index in [0.29, 0.717) is 17.7 Å². The normalized spacial score (nSPS) is 11.0. The molecule has 0 bridgehead atoms. The summed E-state index contributed by atoms with van der Waals surface area (Å²) >= 11 is 0. The van der Waals surface area contributed by atoms with E-state index >= 15 is 0 Å². The van der Waals surface area contributed by atoms with Crippen LogP contribution in [0.3, 0.4) is 0 Å². The Kier molecular flexibility index (Phi) is 5.69. The summed E-state index contributed by atoms with van der Waals surface area (Å²) in [5.41, 5.74) is 2.60. The van der Waals surface area contributed by atoms with Crippen molar-refractivity contribution >= 4 is 23.2 Å². The number of nitrogens with one attached hydrogen (secondary N) is 1. The predicted octanol–water partition coefficient (Wildman–Crippen LogP) is 3.85. The molecule has 1 amide bonds. The second-order valence-corrected chi connectivity index (χ2v) is 5.82. The molecule has 0 aliphatic heterocycles. The lowest BCUT2D eigenvalue weighted by Gasteiger charge is -2.10. The lowest BCUT2D eigenvalue weighted by molar-refractivity contribution is -0.384. The number of aromatic nitrogens is 1. The summed E-state index contributed by atoms with van der Waals surface area (Å²) in [4.78, 5) is 27.4. The highest BCUT2D eigenvalue weighted by Gasteiger charge is 2.13. The average molecular weight is 359 g/mol. The standard InChI is InChI=1S/C21H17N3O3/c25-21(23-15-17-7-5-11-22-14-17)20(18-8-2-1-3-9-18)13-16-6-4-10-19(12-16)24(26)27/h1-14H,15H2,(H,23,25). The van der Waals surface area contributed by atoms with Crippen LogP contribution in [0.1, 0.15) is 16.7 Å². The molecule has 0 saturated heterocycles. The van der Waals surface area contributed by atoms with Gasteiger partial charge in [-0.25, -0.2) is 0 Å². The Morgan fingerprint density at radius 3 is 2.59 bits per heavy atom. The Labute approximate surface area is 156 Å². The molecule has 134 valence electrons. The Morgan fingerprint density at radius 2 is 1.89 bits per heavy atom. The molecule has 0 aliphatic carbocycles. The number of rotatable bonds is 6. The van der Waals surface area contributed by atoms with E-state index in [1.54, 1.807) is 36.7 Å². The summed E-state index contributed by atoms with van der Waals surface area (Å²) in [6.07, 6.45) is 5.01. The number of benzene rings is 2. The third-order valence-electron chi connectivity index (χ3n) is 3.90. The summed E-state index contributed by atoms with van der Waals surface area (Å²) in [6.45, 7) is 0.339. The first kappa shape index (κ1) is 18.0. The van der Waals surface area contributed by atoms with Crippen molar-refractivity contribution in [1.29, 1.82) is 0 Å². The van der Waals surface area contributed by atoms with Crippen LogP contribution in [0, 0.1) is 10.1 Å². The maximum absolute atomic E-state index is 12.8. The van der Waals surface area contributed by atoms with Gasteiger partial charge < -0.3 is 5.32 Å². The van der Waals surface area contributed by atoms with Crippen LogP contribution in [0.5, 0.6) is 0 Å². The summed E-state index contributed by atoms with van der Waals surface area (Å²) in [7, 11) is 0. The van der Waals surface area contributed by atoms with Crippen LogP contribution in [0.15, 0.2) is 79.1 Å². The molecule has 3 rings (SSSR count). The molecule has 1 aromatic heterocycles. The van der Waals surface area contributed by atoms with Crippen molar-refractivity contribution in [1.82, 2.24) is 10.3 Å². The zero-order valence-corrected chi connectivity index (χ0v) is 14.4. The van der Waals surface area contributed by atoms with E-state index in [4.69, 9.17) is 0 Å². The summed E-state index contributed by atoms with van der Waals surface area (Å²) in [6, 6.07) is 19.1.